The molecule has 1 heterocycles. The van der Waals surface area contributed by atoms with E-state index in [2.05, 4.69) is 44.3 Å². The molecule has 2 rings (SSSR count). The predicted octanol–water partition coefficient (Wildman–Crippen LogP) is 3.84. The van der Waals surface area contributed by atoms with Crippen LogP contribution < -0.4 is 5.32 Å². The van der Waals surface area contributed by atoms with Crippen LogP contribution in [-0.2, 0) is 7.05 Å². The fourth-order valence-corrected chi connectivity index (χ4v) is 4.04. The van der Waals surface area contributed by atoms with Gasteiger partial charge in [-0.15, -0.1) is 0 Å². The highest BCUT2D eigenvalue weighted by atomic mass is 15.3. The lowest BCUT2D eigenvalue weighted by Crippen LogP contribution is -2.34. The van der Waals surface area contributed by atoms with Crippen molar-refractivity contribution in [3.05, 3.63) is 17.5 Å². The smallest absolute Gasteiger partial charge is 0.0641 e. The molecule has 0 spiro atoms. The van der Waals surface area contributed by atoms with Crippen LogP contribution in [0.1, 0.15) is 63.8 Å². The van der Waals surface area contributed by atoms with Crippen LogP contribution in [0.2, 0.25) is 0 Å². The third kappa shape index (κ3) is 3.63. The minimum Gasteiger partial charge on any atom is -0.310 e. The second-order valence-electron chi connectivity index (χ2n) is 6.95. The summed E-state index contributed by atoms with van der Waals surface area (Å²) < 4.78 is 1.96. The molecule has 1 aliphatic carbocycles. The van der Waals surface area contributed by atoms with Gasteiger partial charge in [0.25, 0.3) is 0 Å². The van der Waals surface area contributed by atoms with Crippen molar-refractivity contribution in [1.82, 2.24) is 15.1 Å². The first-order valence-corrected chi connectivity index (χ1v) is 8.24. The Labute approximate surface area is 124 Å². The van der Waals surface area contributed by atoms with Gasteiger partial charge in [-0.3, -0.25) is 4.68 Å². The van der Waals surface area contributed by atoms with E-state index >= 15 is 0 Å². The largest absolute Gasteiger partial charge is 0.310 e. The van der Waals surface area contributed by atoms with E-state index in [4.69, 9.17) is 0 Å². The molecule has 3 heteroatoms. The van der Waals surface area contributed by atoms with Crippen molar-refractivity contribution in [3.8, 4) is 0 Å². The van der Waals surface area contributed by atoms with Gasteiger partial charge in [0, 0.05) is 24.8 Å². The zero-order chi connectivity index (χ0) is 14.7. The third-order valence-electron chi connectivity index (χ3n) is 4.69. The first-order valence-electron chi connectivity index (χ1n) is 8.24. The number of nitrogens with zero attached hydrogens (tertiary/aromatic N) is 2. The standard InChI is InChI=1S/C17H31N3/c1-6-7-18-17(16-11-20(5)19-14(16)4)15-9-12(2)8-13(3)10-15/h11-13,15,17-18H,6-10H2,1-5H3. The highest BCUT2D eigenvalue weighted by molar-refractivity contribution is 5.21. The van der Waals surface area contributed by atoms with Crippen molar-refractivity contribution in [1.29, 1.82) is 0 Å². The van der Waals surface area contributed by atoms with Crippen LogP contribution in [0.3, 0.4) is 0 Å². The maximum absolute atomic E-state index is 4.55. The van der Waals surface area contributed by atoms with E-state index in [0.717, 1.165) is 24.3 Å². The van der Waals surface area contributed by atoms with Crippen molar-refractivity contribution in [2.75, 3.05) is 6.54 Å². The molecule has 0 aromatic carbocycles. The molecule has 3 nitrogen and oxygen atoms in total. The summed E-state index contributed by atoms with van der Waals surface area (Å²) in [6, 6.07) is 0.480. The summed E-state index contributed by atoms with van der Waals surface area (Å²) in [5.74, 6) is 2.46. The van der Waals surface area contributed by atoms with E-state index in [1.165, 1.54) is 36.9 Å². The van der Waals surface area contributed by atoms with Gasteiger partial charge in [-0.05, 0) is 56.9 Å². The molecule has 1 aromatic heterocycles. The molecule has 0 bridgehead atoms. The average molecular weight is 277 g/mol. The van der Waals surface area contributed by atoms with Gasteiger partial charge < -0.3 is 5.32 Å². The summed E-state index contributed by atoms with van der Waals surface area (Å²) in [5, 5.41) is 8.35. The molecule has 0 saturated heterocycles. The normalized spacial score (nSPS) is 28.6. The number of aromatic nitrogens is 2. The minimum atomic E-state index is 0.480. The van der Waals surface area contributed by atoms with E-state index in [1.807, 2.05) is 11.7 Å². The lowest BCUT2D eigenvalue weighted by molar-refractivity contribution is 0.176. The number of aryl methyl sites for hydroxylation is 2. The zero-order valence-electron chi connectivity index (χ0n) is 13.8. The van der Waals surface area contributed by atoms with Crippen molar-refractivity contribution >= 4 is 0 Å². The third-order valence-corrected chi connectivity index (χ3v) is 4.69. The van der Waals surface area contributed by atoms with Crippen molar-refractivity contribution in [2.45, 2.75) is 59.4 Å². The Morgan fingerprint density at radius 3 is 2.45 bits per heavy atom. The van der Waals surface area contributed by atoms with Gasteiger partial charge in [0.2, 0.25) is 0 Å². The Morgan fingerprint density at radius 1 is 1.30 bits per heavy atom. The molecular weight excluding hydrogens is 246 g/mol. The first-order chi connectivity index (χ1) is 9.51. The second-order valence-corrected chi connectivity index (χ2v) is 6.95. The number of hydrogen-bond acceptors (Lipinski definition) is 2. The van der Waals surface area contributed by atoms with Crippen LogP contribution in [-0.4, -0.2) is 16.3 Å². The lowest BCUT2D eigenvalue weighted by Gasteiger charge is -2.37. The van der Waals surface area contributed by atoms with Gasteiger partial charge in [-0.2, -0.15) is 5.10 Å². The van der Waals surface area contributed by atoms with Crippen LogP contribution >= 0.6 is 0 Å². The average Bonchev–Trinajstić information content (AvgIpc) is 2.68. The minimum absolute atomic E-state index is 0.480. The van der Waals surface area contributed by atoms with E-state index in [0.29, 0.717) is 6.04 Å². The summed E-state index contributed by atoms with van der Waals surface area (Å²) in [5.41, 5.74) is 2.60. The van der Waals surface area contributed by atoms with Gasteiger partial charge >= 0.3 is 0 Å². The molecule has 3 unspecified atom stereocenters. The molecule has 114 valence electrons. The molecule has 1 aromatic rings. The summed E-state index contributed by atoms with van der Waals surface area (Å²) in [6.07, 6.45) is 7.49. The molecule has 3 atom stereocenters. The topological polar surface area (TPSA) is 29.9 Å². The van der Waals surface area contributed by atoms with Crippen LogP contribution in [0, 0.1) is 24.7 Å². The van der Waals surface area contributed by atoms with Crippen molar-refractivity contribution in [2.24, 2.45) is 24.8 Å². The maximum Gasteiger partial charge on any atom is 0.0641 e. The monoisotopic (exact) mass is 277 g/mol. The fourth-order valence-electron chi connectivity index (χ4n) is 4.04. The van der Waals surface area contributed by atoms with E-state index in [9.17, 15) is 0 Å². The van der Waals surface area contributed by atoms with Crippen LogP contribution in [0.15, 0.2) is 6.20 Å². The van der Waals surface area contributed by atoms with E-state index in [-0.39, 0.29) is 0 Å². The maximum atomic E-state index is 4.55. The van der Waals surface area contributed by atoms with Crippen molar-refractivity contribution < 1.29 is 0 Å². The van der Waals surface area contributed by atoms with Gasteiger partial charge in [0.15, 0.2) is 0 Å². The lowest BCUT2D eigenvalue weighted by atomic mass is 9.72. The Morgan fingerprint density at radius 2 is 1.95 bits per heavy atom. The fraction of sp³-hybridized carbons (Fsp3) is 0.824. The molecule has 1 aliphatic rings. The molecule has 0 radical (unpaired) electrons. The molecule has 1 saturated carbocycles. The zero-order valence-corrected chi connectivity index (χ0v) is 13.8. The quantitative estimate of drug-likeness (QED) is 0.886. The highest BCUT2D eigenvalue weighted by Gasteiger charge is 2.32. The molecule has 20 heavy (non-hydrogen) atoms. The Balaban J connectivity index is 2.20. The Kier molecular flexibility index (Phi) is 5.25. The summed E-state index contributed by atoms with van der Waals surface area (Å²) >= 11 is 0. The van der Waals surface area contributed by atoms with Crippen molar-refractivity contribution in [3.63, 3.8) is 0 Å². The molecule has 0 aliphatic heterocycles. The van der Waals surface area contributed by atoms with Crippen LogP contribution in [0.25, 0.3) is 0 Å². The van der Waals surface area contributed by atoms with Gasteiger partial charge in [-0.1, -0.05) is 20.8 Å². The van der Waals surface area contributed by atoms with Crippen LogP contribution in [0.4, 0.5) is 0 Å². The molecule has 1 fully saturated rings. The van der Waals surface area contributed by atoms with Gasteiger partial charge in [0.05, 0.1) is 5.69 Å². The number of hydrogen-bond donors (Lipinski definition) is 1. The Hall–Kier alpha value is -0.830. The predicted molar refractivity (Wildman–Crippen MR) is 84.6 cm³/mol. The van der Waals surface area contributed by atoms with E-state index in [1.54, 1.807) is 0 Å². The molecule has 0 amide bonds. The summed E-state index contributed by atoms with van der Waals surface area (Å²) in [4.78, 5) is 0. The number of nitrogens with one attached hydrogen (secondary N) is 1. The highest BCUT2D eigenvalue weighted by Crippen LogP contribution is 2.40. The van der Waals surface area contributed by atoms with Gasteiger partial charge in [-0.25, -0.2) is 0 Å². The van der Waals surface area contributed by atoms with Gasteiger partial charge in [0.1, 0.15) is 0 Å². The summed E-state index contributed by atoms with van der Waals surface area (Å²) in [7, 11) is 2.03. The summed E-state index contributed by atoms with van der Waals surface area (Å²) in [6.45, 7) is 10.3. The Bertz CT molecular complexity index is 414. The molecule has 1 N–H and O–H groups in total. The second kappa shape index (κ2) is 6.75. The van der Waals surface area contributed by atoms with E-state index < -0.39 is 0 Å². The first kappa shape index (κ1) is 15.6. The van der Waals surface area contributed by atoms with Crippen LogP contribution in [0.5, 0.6) is 0 Å². The molecular formula is C17H31N3. The SMILES string of the molecule is CCCNC(c1cn(C)nc1C)C1CC(C)CC(C)C1. The number of rotatable bonds is 5.